The molecule has 2 fully saturated rings. The normalized spacial score (nSPS) is 32.9. The van der Waals surface area contributed by atoms with E-state index in [9.17, 15) is 19.5 Å². The number of rotatable bonds is 8. The summed E-state index contributed by atoms with van der Waals surface area (Å²) in [5, 5.41) is 9.22. The number of esters is 1. The van der Waals surface area contributed by atoms with E-state index in [1.54, 1.807) is 9.80 Å². The SMILES string of the molecule is CC[C@]12C=CCCOC(=O)[C@H]1[C@H]1C(=O)N(CCCCCO)C3C(=O)N(Cc4ccccc4)CC=C[C@@]31O2. The molecule has 4 aliphatic heterocycles. The first-order valence-corrected chi connectivity index (χ1v) is 13.4. The van der Waals surface area contributed by atoms with Crippen molar-refractivity contribution in [1.82, 2.24) is 9.80 Å². The fraction of sp³-hybridized carbons (Fsp3) is 0.552. The van der Waals surface area contributed by atoms with Gasteiger partial charge < -0.3 is 24.4 Å². The van der Waals surface area contributed by atoms with E-state index in [0.717, 1.165) is 12.0 Å². The number of aliphatic hydroxyl groups excluding tert-OH is 1. The summed E-state index contributed by atoms with van der Waals surface area (Å²) < 4.78 is 12.5. The monoisotopic (exact) mass is 508 g/mol. The molecule has 0 bridgehead atoms. The second-order valence-corrected chi connectivity index (χ2v) is 10.4. The van der Waals surface area contributed by atoms with E-state index in [1.807, 2.05) is 61.6 Å². The smallest absolute Gasteiger partial charge is 0.313 e. The molecular formula is C29H36N2O6. The molecule has 0 saturated carbocycles. The van der Waals surface area contributed by atoms with E-state index in [1.165, 1.54) is 0 Å². The zero-order chi connectivity index (χ0) is 26.0. The lowest BCUT2D eigenvalue weighted by Gasteiger charge is -2.38. The quantitative estimate of drug-likeness (QED) is 0.330. The molecule has 8 nitrogen and oxygen atoms in total. The third kappa shape index (κ3) is 4.30. The van der Waals surface area contributed by atoms with Crippen molar-refractivity contribution in [1.29, 1.82) is 0 Å². The van der Waals surface area contributed by atoms with Crippen LogP contribution in [0.25, 0.3) is 0 Å². The number of hydrogen-bond acceptors (Lipinski definition) is 6. The van der Waals surface area contributed by atoms with Crippen LogP contribution in [-0.2, 0) is 30.4 Å². The maximum Gasteiger partial charge on any atom is 0.313 e. The summed E-state index contributed by atoms with van der Waals surface area (Å²) in [6, 6.07) is 8.90. The van der Waals surface area contributed by atoms with Gasteiger partial charge >= 0.3 is 5.97 Å². The minimum atomic E-state index is -1.26. The zero-order valence-electron chi connectivity index (χ0n) is 21.4. The van der Waals surface area contributed by atoms with Crippen molar-refractivity contribution in [3.8, 4) is 0 Å². The average molecular weight is 509 g/mol. The van der Waals surface area contributed by atoms with Gasteiger partial charge in [-0.05, 0) is 37.7 Å². The third-order valence-corrected chi connectivity index (χ3v) is 8.26. The summed E-state index contributed by atoms with van der Waals surface area (Å²) in [6.45, 7) is 3.45. The largest absolute Gasteiger partial charge is 0.465 e. The van der Waals surface area contributed by atoms with Gasteiger partial charge in [0.05, 0.1) is 12.5 Å². The van der Waals surface area contributed by atoms with E-state index in [0.29, 0.717) is 45.3 Å². The molecule has 1 spiro atoms. The molecule has 5 atom stereocenters. The lowest BCUT2D eigenvalue weighted by molar-refractivity contribution is -0.162. The molecule has 0 aromatic heterocycles. The number of carbonyl (C=O) groups is 3. The molecular weight excluding hydrogens is 472 g/mol. The molecule has 0 aliphatic carbocycles. The number of fused-ring (bicyclic) bond motifs is 2. The number of cyclic esters (lactones) is 1. The lowest BCUT2D eigenvalue weighted by Crippen LogP contribution is -2.56. The van der Waals surface area contributed by atoms with Crippen LogP contribution < -0.4 is 0 Å². The summed E-state index contributed by atoms with van der Waals surface area (Å²) in [6.07, 6.45) is 10.7. The lowest BCUT2D eigenvalue weighted by atomic mass is 9.73. The summed E-state index contributed by atoms with van der Waals surface area (Å²) in [5.41, 5.74) is -1.27. The predicted molar refractivity (Wildman–Crippen MR) is 136 cm³/mol. The van der Waals surface area contributed by atoms with Crippen molar-refractivity contribution in [2.45, 2.75) is 62.8 Å². The van der Waals surface area contributed by atoms with Gasteiger partial charge in [-0.1, -0.05) is 61.6 Å². The summed E-state index contributed by atoms with van der Waals surface area (Å²) in [4.78, 5) is 45.2. The molecule has 2 amide bonds. The van der Waals surface area contributed by atoms with Crippen LogP contribution in [-0.4, -0.2) is 76.2 Å². The second-order valence-electron chi connectivity index (χ2n) is 10.4. The van der Waals surface area contributed by atoms with E-state index < -0.39 is 35.0 Å². The highest BCUT2D eigenvalue weighted by Gasteiger charge is 2.75. The first kappa shape index (κ1) is 25.7. The van der Waals surface area contributed by atoms with Crippen molar-refractivity contribution in [2.24, 2.45) is 11.8 Å². The highest BCUT2D eigenvalue weighted by atomic mass is 16.6. The number of hydrogen-bond donors (Lipinski definition) is 1. The van der Waals surface area contributed by atoms with E-state index >= 15 is 0 Å². The molecule has 1 unspecified atom stereocenters. The van der Waals surface area contributed by atoms with Gasteiger partial charge in [0.2, 0.25) is 11.8 Å². The summed E-state index contributed by atoms with van der Waals surface area (Å²) >= 11 is 0. The van der Waals surface area contributed by atoms with E-state index in [-0.39, 0.29) is 25.0 Å². The fourth-order valence-corrected chi connectivity index (χ4v) is 6.53. The second kappa shape index (κ2) is 10.4. The fourth-order valence-electron chi connectivity index (χ4n) is 6.53. The number of ether oxygens (including phenoxy) is 2. The number of unbranched alkanes of at least 4 members (excludes halogenated alkanes) is 2. The van der Waals surface area contributed by atoms with Gasteiger partial charge in [-0.2, -0.15) is 0 Å². The predicted octanol–water partition coefficient (Wildman–Crippen LogP) is 2.61. The molecule has 1 aromatic carbocycles. The standard InChI is InChI=1S/C29H36N2O6/c1-2-28-14-7-10-19-36-27(35)23(28)22-25(33)31(17-8-4-9-18-32)24-26(34)30(16-11-15-29(22,24)37-28)20-21-12-5-3-6-13-21/h3,5-7,11-15,22-24,32H,2,4,8-10,16-20H2,1H3/t22-,23+,24?,28-,29-/m0/s1. The van der Waals surface area contributed by atoms with E-state index in [2.05, 4.69) is 0 Å². The molecule has 37 heavy (non-hydrogen) atoms. The van der Waals surface area contributed by atoms with Crippen molar-refractivity contribution < 1.29 is 29.0 Å². The highest BCUT2D eigenvalue weighted by Crippen LogP contribution is 2.58. The Balaban J connectivity index is 1.57. The summed E-state index contributed by atoms with van der Waals surface area (Å²) in [5.74, 6) is -2.52. The maximum absolute atomic E-state index is 14.3. The minimum Gasteiger partial charge on any atom is -0.465 e. The van der Waals surface area contributed by atoms with Crippen LogP contribution in [0.2, 0.25) is 0 Å². The first-order valence-electron chi connectivity index (χ1n) is 13.4. The Labute approximate surface area is 217 Å². The van der Waals surface area contributed by atoms with Gasteiger partial charge in [0.25, 0.3) is 0 Å². The Morgan fingerprint density at radius 1 is 1.00 bits per heavy atom. The number of nitrogens with zero attached hydrogens (tertiary/aromatic N) is 2. The molecule has 1 aromatic rings. The molecule has 5 rings (SSSR count). The highest BCUT2D eigenvalue weighted by molar-refractivity contribution is 5.99. The van der Waals surface area contributed by atoms with Crippen LogP contribution in [0.3, 0.4) is 0 Å². The molecule has 4 aliphatic rings. The Kier molecular flexibility index (Phi) is 7.23. The zero-order valence-corrected chi connectivity index (χ0v) is 21.4. The Hall–Kier alpha value is -2.97. The van der Waals surface area contributed by atoms with E-state index in [4.69, 9.17) is 9.47 Å². The van der Waals surface area contributed by atoms with Crippen LogP contribution in [0.4, 0.5) is 0 Å². The van der Waals surface area contributed by atoms with Crippen LogP contribution in [0, 0.1) is 11.8 Å². The number of benzene rings is 1. The van der Waals surface area contributed by atoms with Crippen LogP contribution in [0.5, 0.6) is 0 Å². The molecule has 1 N–H and O–H groups in total. The number of carbonyl (C=O) groups excluding carboxylic acids is 3. The van der Waals surface area contributed by atoms with Crippen molar-refractivity contribution in [2.75, 3.05) is 26.3 Å². The van der Waals surface area contributed by atoms with Crippen LogP contribution >= 0.6 is 0 Å². The molecule has 2 saturated heterocycles. The van der Waals surface area contributed by atoms with Gasteiger partial charge in [-0.3, -0.25) is 14.4 Å². The molecule has 198 valence electrons. The van der Waals surface area contributed by atoms with Gasteiger partial charge in [-0.25, -0.2) is 0 Å². The van der Waals surface area contributed by atoms with Gasteiger partial charge in [0, 0.05) is 26.2 Å². The van der Waals surface area contributed by atoms with Gasteiger partial charge in [-0.15, -0.1) is 0 Å². The Morgan fingerprint density at radius 2 is 1.81 bits per heavy atom. The van der Waals surface area contributed by atoms with Gasteiger partial charge in [0.15, 0.2) is 0 Å². The number of aliphatic hydroxyl groups is 1. The molecule has 0 radical (unpaired) electrons. The minimum absolute atomic E-state index is 0.0822. The van der Waals surface area contributed by atoms with Crippen molar-refractivity contribution >= 4 is 17.8 Å². The number of amides is 2. The van der Waals surface area contributed by atoms with Crippen molar-refractivity contribution in [3.05, 3.63) is 60.2 Å². The Bertz CT molecular complexity index is 1090. The molecule has 8 heteroatoms. The number of likely N-dealkylation sites (tertiary alicyclic amines) is 1. The average Bonchev–Trinajstić information content (AvgIpc) is 3.25. The third-order valence-electron chi connectivity index (χ3n) is 8.26. The summed E-state index contributed by atoms with van der Waals surface area (Å²) in [7, 11) is 0. The first-order chi connectivity index (χ1) is 18.0. The van der Waals surface area contributed by atoms with Crippen LogP contribution in [0.15, 0.2) is 54.6 Å². The van der Waals surface area contributed by atoms with Gasteiger partial charge in [0.1, 0.15) is 23.2 Å². The van der Waals surface area contributed by atoms with Crippen molar-refractivity contribution in [3.63, 3.8) is 0 Å². The maximum atomic E-state index is 14.3. The molecule has 4 heterocycles. The topological polar surface area (TPSA) is 96.4 Å². The Morgan fingerprint density at radius 3 is 2.57 bits per heavy atom. The van der Waals surface area contributed by atoms with Crippen LogP contribution in [0.1, 0.15) is 44.6 Å².